The van der Waals surface area contributed by atoms with Crippen LogP contribution in [0.4, 0.5) is 0 Å². The van der Waals surface area contributed by atoms with Gasteiger partial charge in [0, 0.05) is 19.6 Å². The summed E-state index contributed by atoms with van der Waals surface area (Å²) < 4.78 is 32.7. The Hall–Kier alpha value is -1.54. The molecule has 0 aliphatic carbocycles. The SMILES string of the molecule is CC/C=C\C/C=C\C/C=C\C/C=C\CCCOCC(COP(=O)(O)OCCN)OC(=O)CCCCCCC. The molecule has 0 aromatic rings. The van der Waals surface area contributed by atoms with Gasteiger partial charge in [-0.05, 0) is 44.9 Å². The standard InChI is InChI=1S/C29H52NO7P/c1-3-5-7-9-10-11-12-13-14-15-16-17-19-21-24-34-26-28(27-36-38(32,33)35-25-23-30)37-29(31)22-20-18-8-6-4-2/h5,7,10-11,13-14,16-17,28H,3-4,6,8-9,12,15,18-27,30H2,1-2H3,(H,32,33)/b7-5-,11-10-,14-13-,17-16-. The smallest absolute Gasteiger partial charge is 0.457 e. The highest BCUT2D eigenvalue weighted by molar-refractivity contribution is 7.47. The van der Waals surface area contributed by atoms with Crippen LogP contribution in [0.2, 0.25) is 0 Å². The third kappa shape index (κ3) is 26.1. The van der Waals surface area contributed by atoms with E-state index in [1.165, 1.54) is 0 Å². The normalized spacial score (nSPS) is 14.7. The van der Waals surface area contributed by atoms with Crippen molar-refractivity contribution in [3.8, 4) is 0 Å². The number of rotatable bonds is 26. The number of hydrogen-bond donors (Lipinski definition) is 2. The maximum Gasteiger partial charge on any atom is 0.472 e. The number of phosphoric ester groups is 1. The molecule has 9 heteroatoms. The van der Waals surface area contributed by atoms with E-state index in [9.17, 15) is 14.3 Å². The third-order valence-electron chi connectivity index (χ3n) is 5.26. The minimum absolute atomic E-state index is 0.0761. The molecule has 2 atom stereocenters. The van der Waals surface area contributed by atoms with Gasteiger partial charge in [-0.3, -0.25) is 13.8 Å². The average molecular weight is 558 g/mol. The molecular formula is C29H52NO7P. The summed E-state index contributed by atoms with van der Waals surface area (Å²) in [5.41, 5.74) is 5.29. The molecule has 0 heterocycles. The molecular weight excluding hydrogens is 505 g/mol. The summed E-state index contributed by atoms with van der Waals surface area (Å²) >= 11 is 0. The highest BCUT2D eigenvalue weighted by Crippen LogP contribution is 2.43. The molecule has 8 nitrogen and oxygen atoms in total. The van der Waals surface area contributed by atoms with Crippen LogP contribution < -0.4 is 5.73 Å². The Morgan fingerprint density at radius 3 is 2.08 bits per heavy atom. The van der Waals surface area contributed by atoms with Gasteiger partial charge < -0.3 is 20.1 Å². The van der Waals surface area contributed by atoms with Crippen molar-refractivity contribution < 1.29 is 32.8 Å². The lowest BCUT2D eigenvalue weighted by Gasteiger charge is -2.20. The summed E-state index contributed by atoms with van der Waals surface area (Å²) in [7, 11) is -4.26. The van der Waals surface area contributed by atoms with E-state index in [0.717, 1.165) is 70.6 Å². The van der Waals surface area contributed by atoms with E-state index in [4.69, 9.17) is 24.3 Å². The van der Waals surface area contributed by atoms with Crippen LogP contribution in [0.25, 0.3) is 0 Å². The van der Waals surface area contributed by atoms with Crippen LogP contribution >= 0.6 is 7.82 Å². The molecule has 0 bridgehead atoms. The number of carbonyl (C=O) groups excluding carboxylic acids is 1. The van der Waals surface area contributed by atoms with E-state index in [2.05, 4.69) is 62.5 Å². The van der Waals surface area contributed by atoms with Crippen LogP contribution in [0.15, 0.2) is 48.6 Å². The summed E-state index contributed by atoms with van der Waals surface area (Å²) in [6.07, 6.45) is 27.4. The molecule has 0 fully saturated rings. The fraction of sp³-hybridized carbons (Fsp3) is 0.690. The van der Waals surface area contributed by atoms with Gasteiger partial charge in [0.25, 0.3) is 0 Å². The van der Waals surface area contributed by atoms with Gasteiger partial charge in [-0.2, -0.15) is 0 Å². The Morgan fingerprint density at radius 2 is 1.45 bits per heavy atom. The van der Waals surface area contributed by atoms with E-state index >= 15 is 0 Å². The summed E-state index contributed by atoms with van der Waals surface area (Å²) in [5.74, 6) is -0.367. The van der Waals surface area contributed by atoms with Crippen molar-refractivity contribution in [2.24, 2.45) is 5.73 Å². The quantitative estimate of drug-likeness (QED) is 0.0508. The Morgan fingerprint density at radius 1 is 0.816 bits per heavy atom. The van der Waals surface area contributed by atoms with Crippen LogP contribution in [0.1, 0.15) is 90.9 Å². The highest BCUT2D eigenvalue weighted by Gasteiger charge is 2.25. The molecule has 0 aliphatic rings. The molecule has 0 aliphatic heterocycles. The maximum absolute atomic E-state index is 12.2. The van der Waals surface area contributed by atoms with Gasteiger partial charge in [-0.15, -0.1) is 0 Å². The first kappa shape index (κ1) is 36.5. The van der Waals surface area contributed by atoms with Gasteiger partial charge >= 0.3 is 13.8 Å². The van der Waals surface area contributed by atoms with Crippen LogP contribution in [0.3, 0.4) is 0 Å². The summed E-state index contributed by atoms with van der Waals surface area (Å²) in [5, 5.41) is 0. The molecule has 0 rings (SSSR count). The lowest BCUT2D eigenvalue weighted by atomic mass is 10.1. The first-order valence-electron chi connectivity index (χ1n) is 14.1. The number of hydrogen-bond acceptors (Lipinski definition) is 7. The van der Waals surface area contributed by atoms with Gasteiger partial charge in [0.05, 0.1) is 19.8 Å². The Labute approximate surface area is 230 Å². The van der Waals surface area contributed by atoms with E-state index < -0.39 is 13.9 Å². The van der Waals surface area contributed by atoms with E-state index in [0.29, 0.717) is 13.0 Å². The number of carbonyl (C=O) groups is 1. The van der Waals surface area contributed by atoms with Gasteiger partial charge in [0.1, 0.15) is 6.10 Å². The lowest BCUT2D eigenvalue weighted by Crippen LogP contribution is -2.28. The Kier molecular flexibility index (Phi) is 25.9. The van der Waals surface area contributed by atoms with Crippen LogP contribution in [0.5, 0.6) is 0 Å². The zero-order valence-electron chi connectivity index (χ0n) is 23.6. The van der Waals surface area contributed by atoms with E-state index in [1.54, 1.807) is 0 Å². The van der Waals surface area contributed by atoms with Gasteiger partial charge in [-0.25, -0.2) is 4.57 Å². The zero-order chi connectivity index (χ0) is 28.2. The number of esters is 1. The monoisotopic (exact) mass is 557 g/mol. The second-order valence-electron chi connectivity index (χ2n) is 8.88. The molecule has 0 aromatic carbocycles. The highest BCUT2D eigenvalue weighted by atomic mass is 31.2. The van der Waals surface area contributed by atoms with Crippen molar-refractivity contribution in [2.45, 2.75) is 97.0 Å². The molecule has 0 spiro atoms. The summed E-state index contributed by atoms with van der Waals surface area (Å²) in [6, 6.07) is 0. The Bertz CT molecular complexity index is 722. The largest absolute Gasteiger partial charge is 0.472 e. The van der Waals surface area contributed by atoms with Gasteiger partial charge in [0.2, 0.25) is 0 Å². The van der Waals surface area contributed by atoms with Crippen LogP contribution in [-0.2, 0) is 27.9 Å². The van der Waals surface area contributed by atoms with Crippen molar-refractivity contribution in [3.05, 3.63) is 48.6 Å². The molecule has 0 amide bonds. The van der Waals surface area contributed by atoms with Gasteiger partial charge in [0.15, 0.2) is 0 Å². The number of phosphoric acid groups is 1. The molecule has 2 unspecified atom stereocenters. The fourth-order valence-electron chi connectivity index (χ4n) is 3.23. The van der Waals surface area contributed by atoms with Crippen molar-refractivity contribution in [2.75, 3.05) is 33.0 Å². The second-order valence-corrected chi connectivity index (χ2v) is 10.3. The third-order valence-corrected chi connectivity index (χ3v) is 6.24. The van der Waals surface area contributed by atoms with Crippen LogP contribution in [-0.4, -0.2) is 49.9 Å². The minimum Gasteiger partial charge on any atom is -0.457 e. The van der Waals surface area contributed by atoms with Crippen molar-refractivity contribution in [1.82, 2.24) is 0 Å². The molecule has 0 saturated carbocycles. The zero-order valence-corrected chi connectivity index (χ0v) is 24.5. The molecule has 0 aromatic heterocycles. The molecule has 3 N–H and O–H groups in total. The first-order chi connectivity index (χ1) is 18.4. The maximum atomic E-state index is 12.2. The topological polar surface area (TPSA) is 117 Å². The number of unbranched alkanes of at least 4 members (excludes halogenated alkanes) is 5. The van der Waals surface area contributed by atoms with Crippen molar-refractivity contribution in [3.63, 3.8) is 0 Å². The lowest BCUT2D eigenvalue weighted by molar-refractivity contribution is -0.154. The minimum atomic E-state index is -4.26. The predicted octanol–water partition coefficient (Wildman–Crippen LogP) is 6.95. The van der Waals surface area contributed by atoms with Crippen molar-refractivity contribution in [1.29, 1.82) is 0 Å². The Balaban J connectivity index is 4.25. The molecule has 0 radical (unpaired) electrons. The molecule has 0 saturated heterocycles. The number of ether oxygens (including phenoxy) is 2. The molecule has 38 heavy (non-hydrogen) atoms. The van der Waals surface area contributed by atoms with Crippen LogP contribution in [0, 0.1) is 0 Å². The molecule has 220 valence electrons. The average Bonchev–Trinajstić information content (AvgIpc) is 2.90. The summed E-state index contributed by atoms with van der Waals surface area (Å²) in [6.45, 7) is 4.51. The number of allylic oxidation sites excluding steroid dienone is 8. The fourth-order valence-corrected chi connectivity index (χ4v) is 4.00. The van der Waals surface area contributed by atoms with Gasteiger partial charge in [-0.1, -0.05) is 88.1 Å². The van der Waals surface area contributed by atoms with Crippen molar-refractivity contribution >= 4 is 13.8 Å². The first-order valence-corrected chi connectivity index (χ1v) is 15.6. The summed E-state index contributed by atoms with van der Waals surface area (Å²) in [4.78, 5) is 21.9. The second kappa shape index (κ2) is 27.0. The van der Waals surface area contributed by atoms with E-state index in [1.807, 2.05) is 0 Å². The number of nitrogens with two attached hydrogens (primary N) is 1. The predicted molar refractivity (Wildman–Crippen MR) is 155 cm³/mol. The van der Waals surface area contributed by atoms with E-state index in [-0.39, 0.29) is 32.3 Å².